The van der Waals surface area contributed by atoms with Gasteiger partial charge in [-0.05, 0) is 37.3 Å². The van der Waals surface area contributed by atoms with Crippen LogP contribution >= 0.6 is 11.6 Å². The van der Waals surface area contributed by atoms with Crippen molar-refractivity contribution in [2.24, 2.45) is 10.9 Å². The van der Waals surface area contributed by atoms with Crippen molar-refractivity contribution in [3.8, 4) is 5.75 Å². The van der Waals surface area contributed by atoms with Crippen molar-refractivity contribution in [1.29, 1.82) is 0 Å². The van der Waals surface area contributed by atoms with Crippen LogP contribution in [0.4, 0.5) is 0 Å². The van der Waals surface area contributed by atoms with E-state index in [0.29, 0.717) is 16.5 Å². The summed E-state index contributed by atoms with van der Waals surface area (Å²) in [5.74, 6) is -0.221. The molecule has 1 aromatic heterocycles. The summed E-state index contributed by atoms with van der Waals surface area (Å²) in [4.78, 5) is 20.5. The van der Waals surface area contributed by atoms with E-state index in [1.54, 1.807) is 48.7 Å². The van der Waals surface area contributed by atoms with E-state index in [1.807, 2.05) is 0 Å². The lowest BCUT2D eigenvalue weighted by molar-refractivity contribution is -0.151. The third-order valence-corrected chi connectivity index (χ3v) is 2.84. The Morgan fingerprint density at radius 2 is 2.14 bits per heavy atom. The molecule has 0 aliphatic rings. The van der Waals surface area contributed by atoms with Crippen LogP contribution in [-0.4, -0.2) is 22.9 Å². The summed E-state index contributed by atoms with van der Waals surface area (Å²) >= 11 is 5.84. The number of aromatic nitrogens is 1. The standard InChI is InChI=1S/C15H14ClN3O3/c1-10(21-12-6-4-5-11(16)9-12)15(20)22-19-14(17)13-7-2-3-8-18-13/h2-10H,1H3,(H2,17,19)/t10-/m1/s1. The first kappa shape index (κ1) is 15.8. The number of hydrogen-bond acceptors (Lipinski definition) is 5. The highest BCUT2D eigenvalue weighted by Gasteiger charge is 2.17. The largest absolute Gasteiger partial charge is 0.479 e. The highest BCUT2D eigenvalue weighted by molar-refractivity contribution is 6.30. The van der Waals surface area contributed by atoms with Gasteiger partial charge >= 0.3 is 5.97 Å². The Kier molecular flexibility index (Phi) is 5.32. The second-order valence-electron chi connectivity index (χ2n) is 4.32. The Morgan fingerprint density at radius 3 is 2.82 bits per heavy atom. The molecule has 0 bridgehead atoms. The van der Waals surface area contributed by atoms with Crippen LogP contribution in [-0.2, 0) is 9.63 Å². The van der Waals surface area contributed by atoms with Gasteiger partial charge in [0, 0.05) is 11.2 Å². The molecular formula is C15H14ClN3O3. The summed E-state index contributed by atoms with van der Waals surface area (Å²) in [7, 11) is 0. The van der Waals surface area contributed by atoms with Crippen LogP contribution in [0.2, 0.25) is 5.02 Å². The Bertz CT molecular complexity index is 677. The molecule has 6 nitrogen and oxygen atoms in total. The van der Waals surface area contributed by atoms with E-state index in [9.17, 15) is 4.79 Å². The van der Waals surface area contributed by atoms with Crippen LogP contribution in [0.15, 0.2) is 53.8 Å². The summed E-state index contributed by atoms with van der Waals surface area (Å²) in [6.07, 6.45) is 0.698. The average molecular weight is 320 g/mol. The topological polar surface area (TPSA) is 86.8 Å². The SMILES string of the molecule is C[C@@H](Oc1cccc(Cl)c1)C(=O)O/N=C(/N)c1ccccn1. The number of oxime groups is 1. The van der Waals surface area contributed by atoms with E-state index >= 15 is 0 Å². The van der Waals surface area contributed by atoms with Crippen LogP contribution in [0, 0.1) is 0 Å². The summed E-state index contributed by atoms with van der Waals surface area (Å²) in [6, 6.07) is 11.8. The van der Waals surface area contributed by atoms with Crippen LogP contribution in [0.25, 0.3) is 0 Å². The Balaban J connectivity index is 1.94. The number of halogens is 1. The number of carbonyl (C=O) groups excluding carboxylic acids is 1. The number of amidine groups is 1. The first-order valence-corrected chi connectivity index (χ1v) is 6.82. The van der Waals surface area contributed by atoms with E-state index in [0.717, 1.165) is 0 Å². The molecular weight excluding hydrogens is 306 g/mol. The van der Waals surface area contributed by atoms with Gasteiger partial charge in [-0.2, -0.15) is 0 Å². The van der Waals surface area contributed by atoms with Gasteiger partial charge in [0.05, 0.1) is 0 Å². The number of benzene rings is 1. The number of nitrogens with two attached hydrogens (primary N) is 1. The number of carbonyl (C=O) groups is 1. The molecule has 0 aliphatic heterocycles. The minimum absolute atomic E-state index is 0.00362. The maximum absolute atomic E-state index is 11.8. The number of nitrogens with zero attached hydrogens (tertiary/aromatic N) is 2. The highest BCUT2D eigenvalue weighted by atomic mass is 35.5. The molecule has 1 aromatic carbocycles. The minimum Gasteiger partial charge on any atom is -0.479 e. The Labute approximate surface area is 132 Å². The zero-order valence-corrected chi connectivity index (χ0v) is 12.5. The van der Waals surface area contributed by atoms with Crippen LogP contribution in [0.5, 0.6) is 5.75 Å². The van der Waals surface area contributed by atoms with Gasteiger partial charge in [0.1, 0.15) is 11.4 Å². The molecule has 1 atom stereocenters. The molecule has 7 heteroatoms. The van der Waals surface area contributed by atoms with Gasteiger partial charge in [-0.1, -0.05) is 28.9 Å². The number of rotatable bonds is 5. The predicted octanol–water partition coefficient (Wildman–Crippen LogP) is 2.37. The van der Waals surface area contributed by atoms with E-state index in [4.69, 9.17) is 26.9 Å². The van der Waals surface area contributed by atoms with Crippen LogP contribution in [0.3, 0.4) is 0 Å². The van der Waals surface area contributed by atoms with E-state index in [-0.39, 0.29) is 5.84 Å². The van der Waals surface area contributed by atoms with Crippen molar-refractivity contribution >= 4 is 23.4 Å². The maximum Gasteiger partial charge on any atom is 0.374 e. The van der Waals surface area contributed by atoms with Crippen molar-refractivity contribution in [1.82, 2.24) is 4.98 Å². The second kappa shape index (κ2) is 7.42. The molecule has 0 saturated carbocycles. The molecule has 1 heterocycles. The first-order chi connectivity index (χ1) is 10.6. The lowest BCUT2D eigenvalue weighted by Gasteiger charge is -2.11. The molecule has 0 amide bonds. The quantitative estimate of drug-likeness (QED) is 0.395. The lowest BCUT2D eigenvalue weighted by atomic mass is 10.3. The fourth-order valence-electron chi connectivity index (χ4n) is 1.52. The smallest absolute Gasteiger partial charge is 0.374 e. The van der Waals surface area contributed by atoms with E-state index in [2.05, 4.69) is 10.1 Å². The summed E-state index contributed by atoms with van der Waals surface area (Å²) in [5.41, 5.74) is 6.08. The molecule has 2 rings (SSSR count). The Morgan fingerprint density at radius 1 is 1.32 bits per heavy atom. The van der Waals surface area contributed by atoms with Gasteiger partial charge in [-0.3, -0.25) is 4.98 Å². The zero-order chi connectivity index (χ0) is 15.9. The van der Waals surface area contributed by atoms with Crippen molar-refractivity contribution in [3.63, 3.8) is 0 Å². The first-order valence-electron chi connectivity index (χ1n) is 6.44. The van der Waals surface area contributed by atoms with Crippen molar-refractivity contribution in [2.75, 3.05) is 0 Å². The highest BCUT2D eigenvalue weighted by Crippen LogP contribution is 2.18. The normalized spacial score (nSPS) is 12.5. The molecule has 0 fully saturated rings. The van der Waals surface area contributed by atoms with Crippen molar-refractivity contribution in [2.45, 2.75) is 13.0 Å². The molecule has 2 N–H and O–H groups in total. The lowest BCUT2D eigenvalue weighted by Crippen LogP contribution is -2.26. The summed E-state index contributed by atoms with van der Waals surface area (Å²) < 4.78 is 5.41. The number of ether oxygens (including phenoxy) is 1. The molecule has 0 radical (unpaired) electrons. The van der Waals surface area contributed by atoms with Gasteiger partial charge in [-0.15, -0.1) is 0 Å². The van der Waals surface area contributed by atoms with Gasteiger partial charge in [0.15, 0.2) is 11.9 Å². The van der Waals surface area contributed by atoms with Gasteiger partial charge in [-0.25, -0.2) is 4.79 Å². The van der Waals surface area contributed by atoms with Crippen molar-refractivity contribution < 1.29 is 14.4 Å². The number of pyridine rings is 1. The van der Waals surface area contributed by atoms with Crippen LogP contribution in [0.1, 0.15) is 12.6 Å². The molecule has 2 aromatic rings. The molecule has 0 spiro atoms. The monoisotopic (exact) mass is 319 g/mol. The van der Waals surface area contributed by atoms with E-state index < -0.39 is 12.1 Å². The van der Waals surface area contributed by atoms with Crippen molar-refractivity contribution in [3.05, 3.63) is 59.4 Å². The average Bonchev–Trinajstić information content (AvgIpc) is 2.53. The minimum atomic E-state index is -0.862. The van der Waals surface area contributed by atoms with E-state index in [1.165, 1.54) is 6.92 Å². The second-order valence-corrected chi connectivity index (χ2v) is 4.76. The molecule has 0 saturated heterocycles. The maximum atomic E-state index is 11.8. The summed E-state index contributed by atoms with van der Waals surface area (Å²) in [6.45, 7) is 1.54. The molecule has 114 valence electrons. The molecule has 0 aliphatic carbocycles. The fourth-order valence-corrected chi connectivity index (χ4v) is 1.70. The van der Waals surface area contributed by atoms with Gasteiger partial charge in [0.25, 0.3) is 0 Å². The summed E-state index contributed by atoms with van der Waals surface area (Å²) in [5, 5.41) is 4.06. The fraction of sp³-hybridized carbons (Fsp3) is 0.133. The van der Waals surface area contributed by atoms with Crippen LogP contribution < -0.4 is 10.5 Å². The third-order valence-electron chi connectivity index (χ3n) is 2.60. The van der Waals surface area contributed by atoms with Gasteiger partial charge < -0.3 is 15.3 Å². The molecule has 22 heavy (non-hydrogen) atoms. The Hall–Kier alpha value is -2.60. The number of hydrogen-bond donors (Lipinski definition) is 1. The third kappa shape index (κ3) is 4.46. The molecule has 0 unspecified atom stereocenters. The van der Waals surface area contributed by atoms with Gasteiger partial charge in [0.2, 0.25) is 0 Å². The zero-order valence-electron chi connectivity index (χ0n) is 11.8. The predicted molar refractivity (Wildman–Crippen MR) is 82.6 cm³/mol.